The highest BCUT2D eigenvalue weighted by Gasteiger charge is 2.07. The van der Waals surface area contributed by atoms with E-state index in [1.807, 2.05) is 30.3 Å². The molecule has 0 spiro atoms. The number of hydrogen-bond donors (Lipinski definition) is 1. The Hall–Kier alpha value is -0.520. The number of thioether (sulfide) groups is 2. The first-order valence-corrected chi connectivity index (χ1v) is 10.5. The van der Waals surface area contributed by atoms with Crippen LogP contribution in [-0.4, -0.2) is 24.0 Å². The van der Waals surface area contributed by atoms with E-state index in [1.165, 1.54) is 11.8 Å². The van der Waals surface area contributed by atoms with Gasteiger partial charge in [-0.2, -0.15) is 0 Å². The Balaban J connectivity index is 1.62. The van der Waals surface area contributed by atoms with Crippen molar-refractivity contribution in [3.05, 3.63) is 63.1 Å². The minimum Gasteiger partial charge on any atom is -0.355 e. The zero-order chi connectivity index (χ0) is 17.4. The number of hydrogen-bond acceptors (Lipinski definition) is 3. The number of nitrogens with one attached hydrogen (secondary N) is 1. The van der Waals surface area contributed by atoms with Crippen LogP contribution in [-0.2, 0) is 10.5 Å². The fraction of sp³-hybridized carbons (Fsp3) is 0.235. The molecule has 0 heterocycles. The molecule has 0 atom stereocenters. The molecule has 0 saturated carbocycles. The van der Waals surface area contributed by atoms with Gasteiger partial charge in [-0.25, -0.2) is 0 Å². The molecule has 2 aromatic carbocycles. The van der Waals surface area contributed by atoms with E-state index in [4.69, 9.17) is 34.8 Å². The van der Waals surface area contributed by atoms with E-state index in [9.17, 15) is 4.79 Å². The molecule has 24 heavy (non-hydrogen) atoms. The molecule has 2 aromatic rings. The molecular formula is C17H16Cl3NOS2. The molecule has 0 bridgehead atoms. The summed E-state index contributed by atoms with van der Waals surface area (Å²) in [7, 11) is 0. The molecule has 0 radical (unpaired) electrons. The molecule has 0 aliphatic carbocycles. The second-order valence-electron chi connectivity index (χ2n) is 4.85. The Bertz CT molecular complexity index is 660. The fourth-order valence-corrected chi connectivity index (χ4v) is 4.35. The quantitative estimate of drug-likeness (QED) is 0.433. The van der Waals surface area contributed by atoms with Crippen molar-refractivity contribution < 1.29 is 4.79 Å². The summed E-state index contributed by atoms with van der Waals surface area (Å²) >= 11 is 21.2. The van der Waals surface area contributed by atoms with Crippen molar-refractivity contribution in [1.82, 2.24) is 5.32 Å². The standard InChI is InChI=1S/C17H16Cl3NOS2/c18-12-4-6-13(7-5-12)24-9-8-21-17(22)11-23-10-14-15(19)2-1-3-16(14)20/h1-7H,8-11H2,(H,21,22). The van der Waals surface area contributed by atoms with Gasteiger partial charge in [0.2, 0.25) is 5.91 Å². The Morgan fingerprint density at radius 2 is 1.67 bits per heavy atom. The zero-order valence-electron chi connectivity index (χ0n) is 12.7. The molecule has 2 rings (SSSR count). The van der Waals surface area contributed by atoms with Crippen LogP contribution < -0.4 is 5.32 Å². The van der Waals surface area contributed by atoms with Crippen LogP contribution in [0.15, 0.2) is 47.4 Å². The van der Waals surface area contributed by atoms with Crippen molar-refractivity contribution in [3.63, 3.8) is 0 Å². The van der Waals surface area contributed by atoms with Gasteiger partial charge in [-0.3, -0.25) is 4.79 Å². The molecular weight excluding hydrogens is 405 g/mol. The lowest BCUT2D eigenvalue weighted by atomic mass is 10.2. The van der Waals surface area contributed by atoms with Gasteiger partial charge in [0.1, 0.15) is 0 Å². The molecule has 0 unspecified atom stereocenters. The van der Waals surface area contributed by atoms with Crippen molar-refractivity contribution in [2.75, 3.05) is 18.1 Å². The number of carbonyl (C=O) groups is 1. The van der Waals surface area contributed by atoms with Gasteiger partial charge in [0.15, 0.2) is 0 Å². The largest absolute Gasteiger partial charge is 0.355 e. The fourth-order valence-electron chi connectivity index (χ4n) is 1.86. The molecule has 128 valence electrons. The van der Waals surface area contributed by atoms with Crippen molar-refractivity contribution in [2.45, 2.75) is 10.6 Å². The summed E-state index contributed by atoms with van der Waals surface area (Å²) < 4.78 is 0. The number of halogens is 3. The summed E-state index contributed by atoms with van der Waals surface area (Å²) in [6, 6.07) is 13.1. The molecule has 0 aliphatic rings. The monoisotopic (exact) mass is 419 g/mol. The summed E-state index contributed by atoms with van der Waals surface area (Å²) in [5, 5.41) is 4.90. The molecule has 7 heteroatoms. The van der Waals surface area contributed by atoms with Gasteiger partial charge in [-0.1, -0.05) is 40.9 Å². The SMILES string of the molecule is O=C(CSCc1c(Cl)cccc1Cl)NCCSc1ccc(Cl)cc1. The van der Waals surface area contributed by atoms with Gasteiger partial charge >= 0.3 is 0 Å². The number of rotatable bonds is 8. The van der Waals surface area contributed by atoms with E-state index in [-0.39, 0.29) is 5.91 Å². The van der Waals surface area contributed by atoms with E-state index in [1.54, 1.807) is 23.9 Å². The Morgan fingerprint density at radius 1 is 1.00 bits per heavy atom. The Labute approximate surface area is 165 Å². The topological polar surface area (TPSA) is 29.1 Å². The van der Waals surface area contributed by atoms with Crippen molar-refractivity contribution in [3.8, 4) is 0 Å². The molecule has 0 aromatic heterocycles. The third kappa shape index (κ3) is 6.77. The average molecular weight is 421 g/mol. The summed E-state index contributed by atoms with van der Waals surface area (Å²) in [4.78, 5) is 13.0. The van der Waals surface area contributed by atoms with Crippen LogP contribution in [0.5, 0.6) is 0 Å². The third-order valence-electron chi connectivity index (χ3n) is 3.05. The molecule has 1 amide bonds. The summed E-state index contributed by atoms with van der Waals surface area (Å²) in [5.41, 5.74) is 0.872. The highest BCUT2D eigenvalue weighted by Crippen LogP contribution is 2.28. The lowest BCUT2D eigenvalue weighted by Gasteiger charge is -2.07. The van der Waals surface area contributed by atoms with Crippen LogP contribution in [0.3, 0.4) is 0 Å². The summed E-state index contributed by atoms with van der Waals surface area (Å²) in [5.74, 6) is 1.83. The lowest BCUT2D eigenvalue weighted by molar-refractivity contribution is -0.118. The van der Waals surface area contributed by atoms with E-state index < -0.39 is 0 Å². The summed E-state index contributed by atoms with van der Waals surface area (Å²) in [6.45, 7) is 0.625. The van der Waals surface area contributed by atoms with Gasteiger partial charge in [-0.15, -0.1) is 23.5 Å². The maximum atomic E-state index is 11.8. The highest BCUT2D eigenvalue weighted by atomic mass is 35.5. The molecule has 0 fully saturated rings. The first-order valence-electron chi connectivity index (χ1n) is 7.22. The van der Waals surface area contributed by atoms with E-state index in [2.05, 4.69) is 5.32 Å². The van der Waals surface area contributed by atoms with Crippen molar-refractivity contribution in [1.29, 1.82) is 0 Å². The van der Waals surface area contributed by atoms with E-state index in [0.29, 0.717) is 28.1 Å². The predicted octanol–water partition coefficient (Wildman–Crippen LogP) is 5.79. The zero-order valence-corrected chi connectivity index (χ0v) is 16.6. The molecule has 0 saturated heterocycles. The van der Waals surface area contributed by atoms with Crippen molar-refractivity contribution in [2.24, 2.45) is 0 Å². The highest BCUT2D eigenvalue weighted by molar-refractivity contribution is 7.99. The van der Waals surface area contributed by atoms with Gasteiger partial charge in [-0.05, 0) is 42.0 Å². The van der Waals surface area contributed by atoms with E-state index in [0.717, 1.165) is 21.2 Å². The van der Waals surface area contributed by atoms with Crippen LogP contribution in [0.4, 0.5) is 0 Å². The van der Waals surface area contributed by atoms with Crippen LogP contribution in [0.1, 0.15) is 5.56 Å². The van der Waals surface area contributed by atoms with Gasteiger partial charge < -0.3 is 5.32 Å². The molecule has 0 aliphatic heterocycles. The van der Waals surface area contributed by atoms with Crippen LogP contribution in [0, 0.1) is 0 Å². The van der Waals surface area contributed by atoms with Gasteiger partial charge in [0.25, 0.3) is 0 Å². The normalized spacial score (nSPS) is 10.6. The van der Waals surface area contributed by atoms with Gasteiger partial charge in [0.05, 0.1) is 5.75 Å². The Kier molecular flexibility index (Phi) is 8.63. The maximum Gasteiger partial charge on any atom is 0.230 e. The Morgan fingerprint density at radius 3 is 2.33 bits per heavy atom. The number of benzene rings is 2. The molecule has 2 nitrogen and oxygen atoms in total. The first kappa shape index (κ1) is 19.8. The smallest absolute Gasteiger partial charge is 0.230 e. The van der Waals surface area contributed by atoms with Crippen LogP contribution in [0.2, 0.25) is 15.1 Å². The second kappa shape index (κ2) is 10.5. The van der Waals surface area contributed by atoms with Crippen molar-refractivity contribution >= 4 is 64.2 Å². The third-order valence-corrected chi connectivity index (χ3v) is 5.98. The molecule has 1 N–H and O–H groups in total. The minimum absolute atomic E-state index is 0.0138. The predicted molar refractivity (Wildman–Crippen MR) is 108 cm³/mol. The second-order valence-corrected chi connectivity index (χ2v) is 8.25. The first-order chi connectivity index (χ1) is 11.6. The van der Waals surface area contributed by atoms with Crippen LogP contribution >= 0.6 is 58.3 Å². The average Bonchev–Trinajstić information content (AvgIpc) is 2.56. The minimum atomic E-state index is 0.0138. The van der Waals surface area contributed by atoms with E-state index >= 15 is 0 Å². The summed E-state index contributed by atoms with van der Waals surface area (Å²) in [6.07, 6.45) is 0. The van der Waals surface area contributed by atoms with Crippen LogP contribution in [0.25, 0.3) is 0 Å². The van der Waals surface area contributed by atoms with Gasteiger partial charge in [0, 0.05) is 38.0 Å². The number of amides is 1. The maximum absolute atomic E-state index is 11.8. The lowest BCUT2D eigenvalue weighted by Crippen LogP contribution is -2.27. The number of carbonyl (C=O) groups excluding carboxylic acids is 1.